The van der Waals surface area contributed by atoms with Crippen molar-refractivity contribution >= 4 is 17.9 Å². The summed E-state index contributed by atoms with van der Waals surface area (Å²) >= 11 is 0. The van der Waals surface area contributed by atoms with Crippen molar-refractivity contribution < 1.29 is 28.6 Å². The van der Waals surface area contributed by atoms with Gasteiger partial charge < -0.3 is 14.2 Å². The molecular formula is C74H124O6. The maximum atomic E-state index is 12.8. The van der Waals surface area contributed by atoms with Crippen LogP contribution >= 0.6 is 0 Å². The third kappa shape index (κ3) is 64.6. The van der Waals surface area contributed by atoms with Gasteiger partial charge in [0.05, 0.1) is 6.42 Å². The zero-order valence-electron chi connectivity index (χ0n) is 52.3. The van der Waals surface area contributed by atoms with E-state index in [2.05, 4.69) is 130 Å². The van der Waals surface area contributed by atoms with Gasteiger partial charge in [0, 0.05) is 12.8 Å². The van der Waals surface area contributed by atoms with E-state index in [1.165, 1.54) is 161 Å². The molecule has 0 bridgehead atoms. The molecule has 80 heavy (non-hydrogen) atoms. The standard InChI is InChI=1S/C74H124O6/c1-4-7-10-13-16-19-22-25-27-28-29-30-31-32-33-34-35-36-37-38-39-40-41-42-43-44-45-46-48-49-52-55-58-61-64-67-73(76)79-70-71(69-78-72(75)66-63-60-57-54-51-24-21-18-15-12-9-6-3)80-74(77)68-65-62-59-56-53-50-47-26-23-20-17-14-11-8-5-2/h7-8,10-11,16-21,25-27,29-30,47,53,56,62,65,71H,4-6,9,12-15,22-24,28,31-46,48-52,54-55,57-61,63-64,66-70H2,1-3H3/b10-7-,11-8-,19-16-,20-17-,21-18-,27-25-,30-29-,47-26-,56-53-,65-62-. The Morgan fingerprint density at radius 1 is 0.275 bits per heavy atom. The molecule has 6 heteroatoms. The van der Waals surface area contributed by atoms with Gasteiger partial charge in [-0.25, -0.2) is 0 Å². The lowest BCUT2D eigenvalue weighted by atomic mass is 10.0. The zero-order valence-corrected chi connectivity index (χ0v) is 52.3. The molecule has 0 spiro atoms. The summed E-state index contributed by atoms with van der Waals surface area (Å²) in [7, 11) is 0. The molecule has 0 heterocycles. The van der Waals surface area contributed by atoms with Gasteiger partial charge in [0.2, 0.25) is 0 Å². The predicted molar refractivity (Wildman–Crippen MR) is 348 cm³/mol. The lowest BCUT2D eigenvalue weighted by Crippen LogP contribution is -2.30. The van der Waals surface area contributed by atoms with Crippen LogP contribution in [0.5, 0.6) is 0 Å². The minimum atomic E-state index is -0.836. The fourth-order valence-corrected chi connectivity index (χ4v) is 9.27. The number of hydrogen-bond acceptors (Lipinski definition) is 6. The Balaban J connectivity index is 4.14. The molecule has 6 nitrogen and oxygen atoms in total. The smallest absolute Gasteiger partial charge is 0.310 e. The number of hydrogen-bond donors (Lipinski definition) is 0. The second kappa shape index (κ2) is 67.3. The van der Waals surface area contributed by atoms with Gasteiger partial charge in [0.15, 0.2) is 6.10 Å². The molecule has 0 saturated heterocycles. The first-order chi connectivity index (χ1) is 39.5. The van der Waals surface area contributed by atoms with Crippen molar-refractivity contribution in [3.8, 4) is 0 Å². The molecule has 0 aliphatic rings. The summed E-state index contributed by atoms with van der Waals surface area (Å²) in [6, 6.07) is 0. The van der Waals surface area contributed by atoms with Crippen molar-refractivity contribution in [3.63, 3.8) is 0 Å². The molecule has 0 radical (unpaired) electrons. The van der Waals surface area contributed by atoms with Crippen molar-refractivity contribution in [2.75, 3.05) is 13.2 Å². The average Bonchev–Trinajstić information content (AvgIpc) is 3.46. The van der Waals surface area contributed by atoms with Gasteiger partial charge in [0.25, 0.3) is 0 Å². The molecule has 0 N–H and O–H groups in total. The van der Waals surface area contributed by atoms with Gasteiger partial charge in [-0.3, -0.25) is 14.4 Å². The topological polar surface area (TPSA) is 78.9 Å². The van der Waals surface area contributed by atoms with Crippen LogP contribution in [0.3, 0.4) is 0 Å². The first-order valence-electron chi connectivity index (χ1n) is 33.5. The Hall–Kier alpha value is -4.19. The van der Waals surface area contributed by atoms with E-state index in [4.69, 9.17) is 14.2 Å². The largest absolute Gasteiger partial charge is 0.462 e. The minimum absolute atomic E-state index is 0.0945. The monoisotopic (exact) mass is 1110 g/mol. The molecule has 0 fully saturated rings. The highest BCUT2D eigenvalue weighted by atomic mass is 16.6. The number of allylic oxidation sites excluding steroid dienone is 19. The van der Waals surface area contributed by atoms with Crippen LogP contribution in [0, 0.1) is 0 Å². The van der Waals surface area contributed by atoms with Crippen molar-refractivity contribution in [3.05, 3.63) is 122 Å². The minimum Gasteiger partial charge on any atom is -0.462 e. The Kier molecular flexibility index (Phi) is 63.8. The second-order valence-corrected chi connectivity index (χ2v) is 22.0. The Labute approximate surface area is 494 Å². The Bertz CT molecular complexity index is 1650. The number of rotatable bonds is 60. The van der Waals surface area contributed by atoms with Gasteiger partial charge in [-0.05, 0) is 109 Å². The fraction of sp³-hybridized carbons (Fsp3) is 0.689. The fourth-order valence-electron chi connectivity index (χ4n) is 9.27. The van der Waals surface area contributed by atoms with E-state index in [1.807, 2.05) is 6.08 Å². The van der Waals surface area contributed by atoms with Crippen LogP contribution in [0.25, 0.3) is 0 Å². The number of carbonyl (C=O) groups excluding carboxylic acids is 3. The van der Waals surface area contributed by atoms with E-state index in [0.29, 0.717) is 12.8 Å². The molecule has 0 aliphatic carbocycles. The van der Waals surface area contributed by atoms with E-state index in [-0.39, 0.29) is 31.6 Å². The lowest BCUT2D eigenvalue weighted by Gasteiger charge is -2.18. The number of unbranched alkanes of at least 4 members (excludes halogenated alkanes) is 30. The zero-order chi connectivity index (χ0) is 57.8. The third-order valence-corrected chi connectivity index (χ3v) is 14.2. The normalized spacial score (nSPS) is 12.9. The highest BCUT2D eigenvalue weighted by Gasteiger charge is 2.19. The molecule has 1 atom stereocenters. The molecule has 0 rings (SSSR count). The van der Waals surface area contributed by atoms with Gasteiger partial charge in [-0.2, -0.15) is 0 Å². The van der Waals surface area contributed by atoms with Gasteiger partial charge in [-0.1, -0.05) is 303 Å². The summed E-state index contributed by atoms with van der Waals surface area (Å²) in [6.45, 7) is 6.31. The molecule has 1 unspecified atom stereocenters. The summed E-state index contributed by atoms with van der Waals surface area (Å²) in [4.78, 5) is 38.2. The van der Waals surface area contributed by atoms with Crippen molar-refractivity contribution in [1.82, 2.24) is 0 Å². The van der Waals surface area contributed by atoms with Crippen molar-refractivity contribution in [2.24, 2.45) is 0 Å². The summed E-state index contributed by atoms with van der Waals surface area (Å²) in [5, 5.41) is 0. The quantitative estimate of drug-likeness (QED) is 0.0261. The molecule has 0 aromatic heterocycles. The predicted octanol–water partition coefficient (Wildman–Crippen LogP) is 23.2. The highest BCUT2D eigenvalue weighted by molar-refractivity contribution is 5.72. The van der Waals surface area contributed by atoms with Crippen molar-refractivity contribution in [2.45, 2.75) is 316 Å². The maximum Gasteiger partial charge on any atom is 0.310 e. The van der Waals surface area contributed by atoms with Crippen LogP contribution in [-0.4, -0.2) is 37.2 Å². The third-order valence-electron chi connectivity index (χ3n) is 14.2. The summed E-state index contributed by atoms with van der Waals surface area (Å²) < 4.78 is 16.8. The van der Waals surface area contributed by atoms with Gasteiger partial charge in [0.1, 0.15) is 13.2 Å². The molecule has 456 valence electrons. The Morgan fingerprint density at radius 2 is 0.525 bits per heavy atom. The average molecular weight is 1110 g/mol. The molecule has 0 saturated carbocycles. The van der Waals surface area contributed by atoms with Crippen LogP contribution in [0.4, 0.5) is 0 Å². The van der Waals surface area contributed by atoms with E-state index in [9.17, 15) is 14.4 Å². The maximum absolute atomic E-state index is 12.8. The molecule has 0 aromatic carbocycles. The lowest BCUT2D eigenvalue weighted by molar-refractivity contribution is -0.166. The molecule has 0 aliphatic heterocycles. The van der Waals surface area contributed by atoms with E-state index in [0.717, 1.165) is 109 Å². The second-order valence-electron chi connectivity index (χ2n) is 22.0. The number of carbonyl (C=O) groups is 3. The van der Waals surface area contributed by atoms with E-state index < -0.39 is 12.1 Å². The van der Waals surface area contributed by atoms with Crippen LogP contribution < -0.4 is 0 Å². The Morgan fingerprint density at radius 3 is 0.838 bits per heavy atom. The molecule has 0 amide bonds. The van der Waals surface area contributed by atoms with Crippen LogP contribution in [0.1, 0.15) is 310 Å². The first-order valence-corrected chi connectivity index (χ1v) is 33.5. The van der Waals surface area contributed by atoms with Crippen LogP contribution in [-0.2, 0) is 28.6 Å². The van der Waals surface area contributed by atoms with Gasteiger partial charge >= 0.3 is 17.9 Å². The van der Waals surface area contributed by atoms with E-state index in [1.54, 1.807) is 6.08 Å². The molecular weight excluding hydrogens is 985 g/mol. The summed E-state index contributed by atoms with van der Waals surface area (Å²) in [6.07, 6.45) is 94.1. The van der Waals surface area contributed by atoms with Gasteiger partial charge in [-0.15, -0.1) is 0 Å². The van der Waals surface area contributed by atoms with Crippen LogP contribution in [0.15, 0.2) is 122 Å². The summed E-state index contributed by atoms with van der Waals surface area (Å²) in [5.74, 6) is -1.05. The van der Waals surface area contributed by atoms with Crippen LogP contribution in [0.2, 0.25) is 0 Å². The number of esters is 3. The SMILES string of the molecule is CC/C=C\C/C=C\C/C=C\C/C=C\C/C=C\CC(=O)OC(COC(=O)CCCCCCC/C=C\CCCCC)COC(=O)CCCCCCCCCCCCCCCCCCCCCCCC/C=C\C/C=C\C/C=C\C/C=C\CC. The van der Waals surface area contributed by atoms with E-state index >= 15 is 0 Å². The molecule has 0 aromatic rings. The number of ether oxygens (including phenoxy) is 3. The first kappa shape index (κ1) is 75.8. The highest BCUT2D eigenvalue weighted by Crippen LogP contribution is 2.17. The van der Waals surface area contributed by atoms with Crippen molar-refractivity contribution in [1.29, 1.82) is 0 Å². The summed E-state index contributed by atoms with van der Waals surface area (Å²) in [5.41, 5.74) is 0.